The molecule has 0 saturated carbocycles. The fourth-order valence-corrected chi connectivity index (χ4v) is 3.32. The molecule has 0 unspecified atom stereocenters. The Labute approximate surface area is 129 Å². The summed E-state index contributed by atoms with van der Waals surface area (Å²) in [6.45, 7) is 3.92. The number of benzene rings is 1. The van der Waals surface area contributed by atoms with Gasteiger partial charge >= 0.3 is 5.69 Å². The molecule has 0 fully saturated rings. The van der Waals surface area contributed by atoms with E-state index in [1.807, 2.05) is 6.07 Å². The molecule has 1 aromatic rings. The highest BCUT2D eigenvalue weighted by molar-refractivity contribution is 7.89. The molecule has 0 heterocycles. The molecule has 0 aliphatic rings. The molecule has 0 aromatic heterocycles. The van der Waals surface area contributed by atoms with Gasteiger partial charge in [-0.05, 0) is 12.1 Å². The molecule has 1 aromatic carbocycles. The highest BCUT2D eigenvalue weighted by atomic mass is 32.2. The second-order valence-electron chi connectivity index (χ2n) is 4.23. The molecule has 22 heavy (non-hydrogen) atoms. The highest BCUT2D eigenvalue weighted by Gasteiger charge is 2.26. The van der Waals surface area contributed by atoms with Gasteiger partial charge in [0, 0.05) is 19.2 Å². The molecule has 0 saturated heterocycles. The van der Waals surface area contributed by atoms with Crippen molar-refractivity contribution in [3.63, 3.8) is 0 Å². The summed E-state index contributed by atoms with van der Waals surface area (Å²) >= 11 is 0. The van der Waals surface area contributed by atoms with Crippen LogP contribution in [0.2, 0.25) is 0 Å². The van der Waals surface area contributed by atoms with Crippen LogP contribution < -0.4 is 4.74 Å². The van der Waals surface area contributed by atoms with Gasteiger partial charge in [-0.2, -0.15) is 9.57 Å². The first-order valence-electron chi connectivity index (χ1n) is 6.66. The highest BCUT2D eigenvalue weighted by Crippen LogP contribution is 2.30. The second-order valence-corrected chi connectivity index (χ2v) is 6.17. The number of ether oxygens (including phenoxy) is 1. The lowest BCUT2D eigenvalue weighted by Crippen LogP contribution is -2.30. The standard InChI is InChI=1S/C13H17N3O5S/c1-3-15(4-2)22(19,20)11-6-7-13(21-9-5-8-14)12(10-11)16(17)18/h6-7,10H,3-5,9H2,1-2H3. The van der Waals surface area contributed by atoms with Crippen LogP contribution in [0.5, 0.6) is 5.75 Å². The van der Waals surface area contributed by atoms with E-state index in [2.05, 4.69) is 0 Å². The largest absolute Gasteiger partial charge is 0.486 e. The maximum absolute atomic E-state index is 12.4. The van der Waals surface area contributed by atoms with Crippen LogP contribution in [-0.4, -0.2) is 37.3 Å². The van der Waals surface area contributed by atoms with Crippen molar-refractivity contribution in [3.8, 4) is 11.8 Å². The van der Waals surface area contributed by atoms with Crippen molar-refractivity contribution in [2.45, 2.75) is 25.2 Å². The molecule has 1 rings (SSSR count). The van der Waals surface area contributed by atoms with Crippen molar-refractivity contribution in [2.75, 3.05) is 19.7 Å². The molecule has 0 amide bonds. The van der Waals surface area contributed by atoms with Gasteiger partial charge in [-0.25, -0.2) is 8.42 Å². The van der Waals surface area contributed by atoms with Crippen molar-refractivity contribution in [1.29, 1.82) is 5.26 Å². The van der Waals surface area contributed by atoms with Gasteiger partial charge in [0.2, 0.25) is 10.0 Å². The Balaban J connectivity index is 3.23. The van der Waals surface area contributed by atoms with Gasteiger partial charge in [0.05, 0.1) is 22.3 Å². The third-order valence-electron chi connectivity index (χ3n) is 2.94. The summed E-state index contributed by atoms with van der Waals surface area (Å²) in [6.07, 6.45) is 0.0800. The minimum Gasteiger partial charge on any atom is -0.486 e. The minimum atomic E-state index is -3.78. The minimum absolute atomic E-state index is 0.000514. The Hall–Kier alpha value is -2.18. The van der Waals surface area contributed by atoms with Crippen molar-refractivity contribution >= 4 is 15.7 Å². The number of nitrogens with zero attached hydrogens (tertiary/aromatic N) is 3. The Bertz CT molecular complexity index is 677. The number of nitriles is 1. The zero-order valence-corrected chi connectivity index (χ0v) is 13.2. The average Bonchev–Trinajstić information content (AvgIpc) is 2.48. The Kier molecular flexibility index (Phi) is 6.27. The summed E-state index contributed by atoms with van der Waals surface area (Å²) in [5, 5.41) is 19.5. The van der Waals surface area contributed by atoms with Gasteiger partial charge in [0.15, 0.2) is 5.75 Å². The number of hydrogen-bond donors (Lipinski definition) is 0. The van der Waals surface area contributed by atoms with Gasteiger partial charge in [-0.1, -0.05) is 13.8 Å². The average molecular weight is 327 g/mol. The quantitative estimate of drug-likeness (QED) is 0.409. The first-order chi connectivity index (χ1) is 10.4. The number of sulfonamides is 1. The molecule has 0 bridgehead atoms. The van der Waals surface area contributed by atoms with E-state index in [0.717, 1.165) is 6.07 Å². The molecule has 0 atom stereocenters. The van der Waals surface area contributed by atoms with Gasteiger partial charge in [0.25, 0.3) is 0 Å². The number of nitro benzene ring substituents is 1. The SMILES string of the molecule is CCN(CC)S(=O)(=O)c1ccc(OCCC#N)c([N+](=O)[O-])c1. The first kappa shape index (κ1) is 17.9. The normalized spacial score (nSPS) is 11.2. The van der Waals surface area contributed by atoms with Gasteiger partial charge in [-0.15, -0.1) is 0 Å². The Morgan fingerprint density at radius 2 is 2.00 bits per heavy atom. The monoisotopic (exact) mass is 327 g/mol. The van der Waals surface area contributed by atoms with Crippen molar-refractivity contribution in [1.82, 2.24) is 4.31 Å². The molecular formula is C13H17N3O5S. The van der Waals surface area contributed by atoms with E-state index >= 15 is 0 Å². The Morgan fingerprint density at radius 3 is 2.50 bits per heavy atom. The molecular weight excluding hydrogens is 310 g/mol. The second kappa shape index (κ2) is 7.72. The van der Waals surface area contributed by atoms with E-state index in [9.17, 15) is 18.5 Å². The summed E-state index contributed by atoms with van der Waals surface area (Å²) in [6, 6.07) is 5.34. The predicted octanol–water partition coefficient (Wildman–Crippen LogP) is 1.92. The third-order valence-corrected chi connectivity index (χ3v) is 4.99. The number of rotatable bonds is 8. The molecule has 8 nitrogen and oxygen atoms in total. The van der Waals surface area contributed by atoms with Crippen molar-refractivity contribution in [2.24, 2.45) is 0 Å². The first-order valence-corrected chi connectivity index (χ1v) is 8.10. The zero-order chi connectivity index (χ0) is 16.8. The molecule has 9 heteroatoms. The third kappa shape index (κ3) is 3.93. The number of nitro groups is 1. The predicted molar refractivity (Wildman–Crippen MR) is 78.9 cm³/mol. The van der Waals surface area contributed by atoms with Gasteiger partial charge in [0.1, 0.15) is 6.61 Å². The lowest BCUT2D eigenvalue weighted by Gasteiger charge is -2.18. The van der Waals surface area contributed by atoms with E-state index < -0.39 is 20.6 Å². The van der Waals surface area contributed by atoms with Crippen LogP contribution in [-0.2, 0) is 10.0 Å². The van der Waals surface area contributed by atoms with Crippen LogP contribution in [0.25, 0.3) is 0 Å². The Morgan fingerprint density at radius 1 is 1.36 bits per heavy atom. The summed E-state index contributed by atoms with van der Waals surface area (Å²) in [5.74, 6) is -0.0567. The smallest absolute Gasteiger partial charge is 0.312 e. The molecule has 120 valence electrons. The summed E-state index contributed by atoms with van der Waals surface area (Å²) < 4.78 is 31.1. The fraction of sp³-hybridized carbons (Fsp3) is 0.462. The van der Waals surface area contributed by atoms with E-state index in [1.165, 1.54) is 16.4 Å². The lowest BCUT2D eigenvalue weighted by atomic mass is 10.3. The fourth-order valence-electron chi connectivity index (χ4n) is 1.84. The lowest BCUT2D eigenvalue weighted by molar-refractivity contribution is -0.386. The molecule has 0 spiro atoms. The van der Waals surface area contributed by atoms with E-state index in [-0.39, 0.29) is 36.8 Å². The van der Waals surface area contributed by atoms with Crippen molar-refractivity contribution < 1.29 is 18.1 Å². The summed E-state index contributed by atoms with van der Waals surface area (Å²) in [7, 11) is -3.78. The molecule has 0 N–H and O–H groups in total. The maximum atomic E-state index is 12.4. The zero-order valence-electron chi connectivity index (χ0n) is 12.4. The van der Waals surface area contributed by atoms with Crippen LogP contribution in [0, 0.1) is 21.4 Å². The van der Waals surface area contributed by atoms with Gasteiger partial charge in [-0.3, -0.25) is 10.1 Å². The maximum Gasteiger partial charge on any atom is 0.312 e. The van der Waals surface area contributed by atoms with Crippen LogP contribution in [0.4, 0.5) is 5.69 Å². The van der Waals surface area contributed by atoms with E-state index in [1.54, 1.807) is 13.8 Å². The van der Waals surface area contributed by atoms with E-state index in [0.29, 0.717) is 0 Å². The van der Waals surface area contributed by atoms with Crippen LogP contribution in [0.3, 0.4) is 0 Å². The van der Waals surface area contributed by atoms with Crippen LogP contribution >= 0.6 is 0 Å². The molecule has 0 radical (unpaired) electrons. The summed E-state index contributed by atoms with van der Waals surface area (Å²) in [4.78, 5) is 10.2. The summed E-state index contributed by atoms with van der Waals surface area (Å²) in [5.41, 5.74) is -0.439. The van der Waals surface area contributed by atoms with Crippen LogP contribution in [0.1, 0.15) is 20.3 Å². The van der Waals surface area contributed by atoms with Crippen molar-refractivity contribution in [3.05, 3.63) is 28.3 Å². The molecule has 0 aliphatic heterocycles. The van der Waals surface area contributed by atoms with Crippen LogP contribution in [0.15, 0.2) is 23.1 Å². The van der Waals surface area contributed by atoms with E-state index in [4.69, 9.17) is 10.00 Å². The topological polar surface area (TPSA) is 114 Å². The molecule has 0 aliphatic carbocycles. The number of hydrogen-bond acceptors (Lipinski definition) is 6. The van der Waals surface area contributed by atoms with Gasteiger partial charge < -0.3 is 4.74 Å².